The first-order valence-corrected chi connectivity index (χ1v) is 5.75. The molecule has 1 unspecified atom stereocenters. The molecule has 0 heterocycles. The topological polar surface area (TPSA) is 29.5 Å². The first kappa shape index (κ1) is 21.6. The lowest BCUT2D eigenvalue weighted by atomic mass is 10.2. The van der Waals surface area contributed by atoms with Crippen LogP contribution in [0, 0.1) is 0 Å². The highest BCUT2D eigenvalue weighted by Gasteiger charge is 2.78. The maximum Gasteiger partial charge on any atom is 0.462 e. The molecule has 0 aromatic carbocycles. The second-order valence-corrected chi connectivity index (χ2v) is 4.97. The van der Waals surface area contributed by atoms with Crippen LogP contribution >= 0.6 is 22.6 Å². The van der Waals surface area contributed by atoms with E-state index in [4.69, 9.17) is 5.11 Å². The zero-order valence-electron chi connectivity index (χ0n) is 9.68. The fourth-order valence-electron chi connectivity index (χ4n) is 0.832. The van der Waals surface area contributed by atoms with E-state index in [2.05, 4.69) is 4.74 Å². The summed E-state index contributed by atoms with van der Waals surface area (Å²) in [7, 11) is 0. The van der Waals surface area contributed by atoms with Crippen molar-refractivity contribution < 1.29 is 58.1 Å². The summed E-state index contributed by atoms with van der Waals surface area (Å²) in [5.41, 5.74) is 0. The predicted molar refractivity (Wildman–Crippen MR) is 56.1 cm³/mol. The molecule has 14 heteroatoms. The lowest BCUT2D eigenvalue weighted by molar-refractivity contribution is -0.473. The van der Waals surface area contributed by atoms with Crippen LogP contribution in [0.25, 0.3) is 0 Å². The van der Waals surface area contributed by atoms with Crippen molar-refractivity contribution in [1.29, 1.82) is 0 Å². The molecule has 0 saturated carbocycles. The Morgan fingerprint density at radius 2 is 1.27 bits per heavy atom. The fraction of sp³-hybridized carbons (Fsp3) is 0.750. The van der Waals surface area contributed by atoms with E-state index >= 15 is 0 Å². The van der Waals surface area contributed by atoms with Gasteiger partial charge in [-0.05, 0) is 22.6 Å². The highest BCUT2D eigenvalue weighted by molar-refractivity contribution is 14.1. The monoisotopic (exact) mass is 468 g/mol. The number of hydrogen-bond donors (Lipinski definition) is 1. The summed E-state index contributed by atoms with van der Waals surface area (Å²) in [5.74, 6) is -12.8. The highest BCUT2D eigenvalue weighted by atomic mass is 127. The van der Waals surface area contributed by atoms with E-state index in [-0.39, 0.29) is 0 Å². The van der Waals surface area contributed by atoms with E-state index in [9.17, 15) is 48.3 Å². The molecule has 0 aromatic rings. The summed E-state index contributed by atoms with van der Waals surface area (Å²) in [4.78, 5) is 0. The minimum atomic E-state index is -7.10. The minimum Gasteiger partial charge on any atom is -0.391 e. The molecule has 0 fully saturated rings. The maximum atomic E-state index is 13.4. The molecule has 0 aromatic heterocycles. The molecule has 1 atom stereocenters. The molecule has 0 aliphatic heterocycles. The number of hydrogen-bond acceptors (Lipinski definition) is 2. The van der Waals surface area contributed by atoms with Gasteiger partial charge in [0.1, 0.15) is 0 Å². The third-order valence-corrected chi connectivity index (χ3v) is 2.53. The van der Waals surface area contributed by atoms with Crippen LogP contribution in [-0.2, 0) is 4.74 Å². The third-order valence-electron chi connectivity index (χ3n) is 1.88. The molecule has 132 valence electrons. The van der Waals surface area contributed by atoms with E-state index in [0.29, 0.717) is 0 Å². The van der Waals surface area contributed by atoms with Gasteiger partial charge in [0.15, 0.2) is 0 Å². The Labute approximate surface area is 128 Å². The van der Waals surface area contributed by atoms with Gasteiger partial charge in [-0.3, -0.25) is 4.74 Å². The van der Waals surface area contributed by atoms with Crippen LogP contribution in [0.4, 0.5) is 48.3 Å². The Morgan fingerprint density at radius 3 is 1.55 bits per heavy atom. The van der Waals surface area contributed by atoms with Crippen molar-refractivity contribution in [2.24, 2.45) is 0 Å². The largest absolute Gasteiger partial charge is 0.462 e. The van der Waals surface area contributed by atoms with Crippen LogP contribution in [0.15, 0.2) is 9.66 Å². The van der Waals surface area contributed by atoms with Crippen molar-refractivity contribution in [1.82, 2.24) is 0 Å². The first-order valence-electron chi connectivity index (χ1n) is 4.67. The quantitative estimate of drug-likeness (QED) is 0.481. The average molecular weight is 468 g/mol. The Kier molecular flexibility index (Phi) is 6.15. The van der Waals surface area contributed by atoms with Gasteiger partial charge in [0.25, 0.3) is 0 Å². The zero-order valence-corrected chi connectivity index (χ0v) is 11.8. The summed E-state index contributed by atoms with van der Waals surface area (Å²) < 4.78 is 137. The second kappa shape index (κ2) is 6.26. The van der Waals surface area contributed by atoms with Crippen LogP contribution < -0.4 is 0 Å². The molecule has 0 aliphatic carbocycles. The van der Waals surface area contributed by atoms with E-state index < -0.39 is 46.5 Å². The Hall–Kier alpha value is -0.380. The Bertz CT molecular complexity index is 427. The number of halogens is 12. The summed E-state index contributed by atoms with van der Waals surface area (Å²) >= 11 is 0.796. The van der Waals surface area contributed by atoms with Crippen molar-refractivity contribution in [3.63, 3.8) is 0 Å². The molecule has 0 saturated heterocycles. The van der Waals surface area contributed by atoms with Gasteiger partial charge in [0.2, 0.25) is 0 Å². The lowest BCUT2D eigenvalue weighted by Gasteiger charge is -2.33. The van der Waals surface area contributed by atoms with Gasteiger partial charge in [-0.15, -0.1) is 0 Å². The number of ether oxygens (including phenoxy) is 1. The van der Waals surface area contributed by atoms with Gasteiger partial charge in [0.05, 0.1) is 6.61 Å². The summed E-state index contributed by atoms with van der Waals surface area (Å²) in [6.07, 6.45) is -21.2. The Balaban J connectivity index is 5.88. The van der Waals surface area contributed by atoms with Crippen molar-refractivity contribution in [2.75, 3.05) is 6.61 Å². The SMILES string of the molecule is OC/C(I)=C\C(F)(OC(F)(F)C(F)(F)C(F)(F)F)C(F)(F)F. The molecule has 22 heavy (non-hydrogen) atoms. The first-order chi connectivity index (χ1) is 9.41. The van der Waals surface area contributed by atoms with Gasteiger partial charge in [-0.2, -0.15) is 48.3 Å². The summed E-state index contributed by atoms with van der Waals surface area (Å²) in [6.45, 7) is -1.34. The average Bonchev–Trinajstić information content (AvgIpc) is 2.24. The number of alkyl halides is 11. The molecule has 2 nitrogen and oxygen atoms in total. The van der Waals surface area contributed by atoms with Crippen LogP contribution in [0.2, 0.25) is 0 Å². The maximum absolute atomic E-state index is 13.4. The van der Waals surface area contributed by atoms with Crippen LogP contribution in [0.5, 0.6) is 0 Å². The van der Waals surface area contributed by atoms with Gasteiger partial charge < -0.3 is 5.11 Å². The molecule has 0 amide bonds. The zero-order chi connectivity index (χ0) is 18.2. The van der Waals surface area contributed by atoms with E-state index in [1.54, 1.807) is 0 Å². The number of rotatable bonds is 5. The number of aliphatic hydroxyl groups excluding tert-OH is 1. The van der Waals surface area contributed by atoms with Crippen LogP contribution in [0.3, 0.4) is 0 Å². The van der Waals surface area contributed by atoms with Gasteiger partial charge in [-0.25, -0.2) is 0 Å². The molecule has 0 rings (SSSR count). The number of aliphatic hydroxyl groups is 1. The van der Waals surface area contributed by atoms with E-state index in [0.717, 1.165) is 22.6 Å². The highest BCUT2D eigenvalue weighted by Crippen LogP contribution is 2.51. The standard InChI is InChI=1S/C8H4F11IO2/c9-4(6(12,13)14,1-3(20)2-21)22-8(18,19)5(10,11)7(15,16)17/h1,21H,2H2/b3-1+. The van der Waals surface area contributed by atoms with Crippen molar-refractivity contribution in [3.05, 3.63) is 9.66 Å². The molecule has 1 N–H and O–H groups in total. The van der Waals surface area contributed by atoms with Gasteiger partial charge in [0, 0.05) is 9.66 Å². The van der Waals surface area contributed by atoms with Gasteiger partial charge >= 0.3 is 30.2 Å². The fourth-order valence-corrected chi connectivity index (χ4v) is 1.23. The van der Waals surface area contributed by atoms with Crippen molar-refractivity contribution in [2.45, 2.75) is 30.2 Å². The summed E-state index contributed by atoms with van der Waals surface area (Å²) in [6, 6.07) is 0. The van der Waals surface area contributed by atoms with Gasteiger partial charge in [-0.1, -0.05) is 0 Å². The van der Waals surface area contributed by atoms with Crippen molar-refractivity contribution in [3.8, 4) is 0 Å². The van der Waals surface area contributed by atoms with E-state index in [1.807, 2.05) is 0 Å². The molecule has 0 aliphatic rings. The second-order valence-electron chi connectivity index (χ2n) is 3.58. The molecular weight excluding hydrogens is 464 g/mol. The van der Waals surface area contributed by atoms with E-state index in [1.165, 1.54) is 0 Å². The van der Waals surface area contributed by atoms with Crippen molar-refractivity contribution >= 4 is 22.6 Å². The molecule has 0 spiro atoms. The molecule has 0 bridgehead atoms. The lowest BCUT2D eigenvalue weighted by Crippen LogP contribution is -2.58. The minimum absolute atomic E-state index is 0.796. The normalized spacial score (nSPS) is 18.3. The van der Waals surface area contributed by atoms with Crippen LogP contribution in [-0.4, -0.2) is 42.0 Å². The summed E-state index contributed by atoms with van der Waals surface area (Å²) in [5, 5.41) is 8.37. The Morgan fingerprint density at radius 1 is 0.864 bits per heavy atom. The predicted octanol–water partition coefficient (Wildman–Crippen LogP) is 4.33. The third kappa shape index (κ3) is 4.33. The smallest absolute Gasteiger partial charge is 0.391 e. The molecule has 0 radical (unpaired) electrons. The van der Waals surface area contributed by atoms with Crippen LogP contribution in [0.1, 0.15) is 0 Å². The molecular formula is C8H4F11IO2.